The third kappa shape index (κ3) is 4.13. The van der Waals surface area contributed by atoms with Gasteiger partial charge in [-0.25, -0.2) is 4.79 Å². The molecule has 0 aliphatic carbocycles. The predicted octanol–water partition coefficient (Wildman–Crippen LogP) is 2.17. The Morgan fingerprint density at radius 2 is 1.63 bits per heavy atom. The third-order valence-corrected chi connectivity index (χ3v) is 2.38. The number of hydrogen-bond acceptors (Lipinski definition) is 3. The summed E-state index contributed by atoms with van der Waals surface area (Å²) in [6.07, 6.45) is 1.67. The number of carbonyl (C=O) groups excluding carboxylic acids is 1. The normalized spacial score (nSPS) is 9.47. The van der Waals surface area contributed by atoms with Crippen LogP contribution in [0.15, 0.2) is 36.5 Å². The van der Waals surface area contributed by atoms with Gasteiger partial charge in [0, 0.05) is 39.8 Å². The summed E-state index contributed by atoms with van der Waals surface area (Å²) in [5, 5.41) is 10.3. The summed E-state index contributed by atoms with van der Waals surface area (Å²) in [4.78, 5) is 17.8. The van der Waals surface area contributed by atoms with Gasteiger partial charge in [0.15, 0.2) is 0 Å². The molecule has 0 saturated heterocycles. The maximum atomic E-state index is 10.7. The minimum Gasteiger partial charge on any atom is -0.506 e. The van der Waals surface area contributed by atoms with E-state index in [1.807, 2.05) is 18.2 Å². The summed E-state index contributed by atoms with van der Waals surface area (Å²) < 4.78 is 0. The Morgan fingerprint density at radius 1 is 1.05 bits per heavy atom. The molecule has 102 valence electrons. The molecule has 0 radical (unpaired) electrons. The fourth-order valence-corrected chi connectivity index (χ4v) is 1.49. The van der Waals surface area contributed by atoms with E-state index in [4.69, 9.17) is 0 Å². The van der Waals surface area contributed by atoms with Gasteiger partial charge in [0.25, 0.3) is 0 Å². The molecule has 1 heterocycles. The van der Waals surface area contributed by atoms with Gasteiger partial charge in [-0.2, -0.15) is 0 Å². The van der Waals surface area contributed by atoms with Gasteiger partial charge in [0.2, 0.25) is 0 Å². The van der Waals surface area contributed by atoms with Crippen molar-refractivity contribution in [3.05, 3.63) is 36.5 Å². The van der Waals surface area contributed by atoms with Crippen molar-refractivity contribution in [1.29, 1.82) is 0 Å². The molecule has 1 aromatic heterocycles. The Balaban J connectivity index is 0.000000203. The Bertz CT molecular complexity index is 538. The van der Waals surface area contributed by atoms with Crippen LogP contribution in [0.4, 0.5) is 4.79 Å². The van der Waals surface area contributed by atoms with Crippen LogP contribution in [0.2, 0.25) is 0 Å². The molecule has 5 nitrogen and oxygen atoms in total. The molecular weight excluding hydrogens is 242 g/mol. The summed E-state index contributed by atoms with van der Waals surface area (Å²) >= 11 is 0. The highest BCUT2D eigenvalue weighted by Crippen LogP contribution is 2.20. The number of fused-ring (bicyclic) bond motifs is 1. The highest BCUT2D eigenvalue weighted by Gasteiger charge is 2.02. The number of benzene rings is 1. The number of nitrogens with zero attached hydrogens (tertiary/aromatic N) is 3. The van der Waals surface area contributed by atoms with Gasteiger partial charge < -0.3 is 14.9 Å². The number of urea groups is 1. The third-order valence-electron chi connectivity index (χ3n) is 2.38. The summed E-state index contributed by atoms with van der Waals surface area (Å²) in [6, 6.07) is 9.14. The number of amides is 2. The molecule has 0 aliphatic heterocycles. The number of phenols is 1. The number of pyridine rings is 1. The lowest BCUT2D eigenvalue weighted by atomic mass is 10.2. The van der Waals surface area contributed by atoms with Crippen LogP contribution in [-0.2, 0) is 0 Å². The Kier molecular flexibility index (Phi) is 5.11. The molecule has 1 N–H and O–H groups in total. The molecule has 0 unspecified atom stereocenters. The second-order valence-corrected chi connectivity index (χ2v) is 4.42. The fraction of sp³-hybridized carbons (Fsp3) is 0.286. The van der Waals surface area contributed by atoms with Crippen molar-refractivity contribution in [1.82, 2.24) is 14.8 Å². The van der Waals surface area contributed by atoms with Crippen LogP contribution >= 0.6 is 0 Å². The lowest BCUT2D eigenvalue weighted by molar-refractivity contribution is 0.191. The molecule has 0 atom stereocenters. The Hall–Kier alpha value is -2.30. The van der Waals surface area contributed by atoms with E-state index >= 15 is 0 Å². The van der Waals surface area contributed by atoms with E-state index < -0.39 is 0 Å². The quantitative estimate of drug-likeness (QED) is 0.790. The minimum atomic E-state index is 0.0185. The van der Waals surface area contributed by atoms with Gasteiger partial charge in [-0.3, -0.25) is 4.98 Å². The first kappa shape index (κ1) is 14.8. The smallest absolute Gasteiger partial charge is 0.318 e. The second-order valence-electron chi connectivity index (χ2n) is 4.42. The summed E-state index contributed by atoms with van der Waals surface area (Å²) in [6.45, 7) is 0. The molecule has 2 amide bonds. The average molecular weight is 261 g/mol. The standard InChI is InChI=1S/C9H7NO.C5H12N2O/c11-8-5-1-3-7-4-2-6-10-9(7)8;1-6(2)5(8)7(3)4/h1-6,11H;1-4H3. The van der Waals surface area contributed by atoms with E-state index in [-0.39, 0.29) is 11.8 Å². The fourth-order valence-electron chi connectivity index (χ4n) is 1.49. The molecule has 0 bridgehead atoms. The lowest BCUT2D eigenvalue weighted by Gasteiger charge is -2.16. The number of aromatic nitrogens is 1. The number of phenolic OH excluding ortho intramolecular Hbond substituents is 1. The molecule has 2 rings (SSSR count). The first-order valence-electron chi connectivity index (χ1n) is 5.84. The number of para-hydroxylation sites is 1. The SMILES string of the molecule is CN(C)C(=O)N(C)C.Oc1cccc2cccnc12. The average Bonchev–Trinajstić information content (AvgIpc) is 2.39. The van der Waals surface area contributed by atoms with Crippen molar-refractivity contribution in [3.63, 3.8) is 0 Å². The van der Waals surface area contributed by atoms with E-state index in [1.54, 1.807) is 46.5 Å². The van der Waals surface area contributed by atoms with Crippen molar-refractivity contribution in [2.24, 2.45) is 0 Å². The van der Waals surface area contributed by atoms with Crippen LogP contribution in [-0.4, -0.2) is 54.1 Å². The first-order valence-corrected chi connectivity index (χ1v) is 5.84. The molecule has 0 fully saturated rings. The van der Waals surface area contributed by atoms with Crippen molar-refractivity contribution in [2.45, 2.75) is 0 Å². The van der Waals surface area contributed by atoms with Gasteiger partial charge in [-0.1, -0.05) is 18.2 Å². The second kappa shape index (κ2) is 6.58. The topological polar surface area (TPSA) is 56.7 Å². The Labute approximate surface area is 113 Å². The maximum Gasteiger partial charge on any atom is 0.318 e. The zero-order chi connectivity index (χ0) is 14.4. The molecule has 0 spiro atoms. The van der Waals surface area contributed by atoms with E-state index in [9.17, 15) is 9.90 Å². The zero-order valence-corrected chi connectivity index (χ0v) is 11.7. The van der Waals surface area contributed by atoms with Crippen molar-refractivity contribution in [2.75, 3.05) is 28.2 Å². The summed E-state index contributed by atoms with van der Waals surface area (Å²) in [7, 11) is 6.90. The van der Waals surface area contributed by atoms with Gasteiger partial charge in [-0.15, -0.1) is 0 Å². The minimum absolute atomic E-state index is 0.0185. The van der Waals surface area contributed by atoms with Crippen LogP contribution in [0.3, 0.4) is 0 Å². The first-order chi connectivity index (χ1) is 8.93. The summed E-state index contributed by atoms with van der Waals surface area (Å²) in [5.41, 5.74) is 0.662. The van der Waals surface area contributed by atoms with Crippen LogP contribution in [0, 0.1) is 0 Å². The molecular formula is C14H19N3O2. The van der Waals surface area contributed by atoms with E-state index in [0.717, 1.165) is 5.39 Å². The van der Waals surface area contributed by atoms with Gasteiger partial charge in [0.1, 0.15) is 11.3 Å². The van der Waals surface area contributed by atoms with E-state index in [0.29, 0.717) is 5.52 Å². The van der Waals surface area contributed by atoms with E-state index in [1.165, 1.54) is 9.80 Å². The molecule has 0 aliphatic rings. The largest absolute Gasteiger partial charge is 0.506 e. The highest BCUT2D eigenvalue weighted by atomic mass is 16.3. The number of aromatic hydroxyl groups is 1. The Morgan fingerprint density at radius 3 is 2.11 bits per heavy atom. The van der Waals surface area contributed by atoms with Gasteiger partial charge in [-0.05, 0) is 12.1 Å². The van der Waals surface area contributed by atoms with Gasteiger partial charge in [0.05, 0.1) is 0 Å². The molecule has 0 saturated carbocycles. The molecule has 5 heteroatoms. The van der Waals surface area contributed by atoms with E-state index in [2.05, 4.69) is 4.98 Å². The number of rotatable bonds is 0. The summed E-state index contributed by atoms with van der Waals surface area (Å²) in [5.74, 6) is 0.239. The highest BCUT2D eigenvalue weighted by molar-refractivity contribution is 5.83. The van der Waals surface area contributed by atoms with Crippen LogP contribution in [0.25, 0.3) is 10.9 Å². The lowest BCUT2D eigenvalue weighted by Crippen LogP contribution is -2.33. The van der Waals surface area contributed by atoms with Crippen molar-refractivity contribution < 1.29 is 9.90 Å². The van der Waals surface area contributed by atoms with Crippen molar-refractivity contribution in [3.8, 4) is 5.75 Å². The number of hydrogen-bond donors (Lipinski definition) is 1. The van der Waals surface area contributed by atoms with Crippen LogP contribution in [0.1, 0.15) is 0 Å². The molecule has 2 aromatic rings. The van der Waals surface area contributed by atoms with Crippen molar-refractivity contribution >= 4 is 16.9 Å². The monoisotopic (exact) mass is 261 g/mol. The van der Waals surface area contributed by atoms with Crippen LogP contribution in [0.5, 0.6) is 5.75 Å². The zero-order valence-electron chi connectivity index (χ0n) is 11.7. The molecule has 1 aromatic carbocycles. The van der Waals surface area contributed by atoms with Gasteiger partial charge >= 0.3 is 6.03 Å². The van der Waals surface area contributed by atoms with Crippen LogP contribution < -0.4 is 0 Å². The number of carbonyl (C=O) groups is 1. The molecule has 19 heavy (non-hydrogen) atoms. The predicted molar refractivity (Wildman–Crippen MR) is 76.2 cm³/mol. The maximum absolute atomic E-state index is 10.7.